The van der Waals surface area contributed by atoms with Crippen molar-refractivity contribution >= 4 is 22.5 Å². The van der Waals surface area contributed by atoms with Gasteiger partial charge in [0.2, 0.25) is 0 Å². The summed E-state index contributed by atoms with van der Waals surface area (Å²) in [6.45, 7) is 9.13. The van der Waals surface area contributed by atoms with Gasteiger partial charge < -0.3 is 14.3 Å². The second kappa shape index (κ2) is 9.55. The summed E-state index contributed by atoms with van der Waals surface area (Å²) in [4.78, 5) is 11.1. The molecule has 170 valence electrons. The van der Waals surface area contributed by atoms with Gasteiger partial charge in [0.1, 0.15) is 23.7 Å². The predicted molar refractivity (Wildman–Crippen MR) is 123 cm³/mol. The van der Waals surface area contributed by atoms with Crippen LogP contribution in [-0.2, 0) is 4.79 Å². The lowest BCUT2D eigenvalue weighted by molar-refractivity contribution is -0.131. The van der Waals surface area contributed by atoms with E-state index in [-0.39, 0.29) is 11.8 Å². The topological polar surface area (TPSA) is 59.7 Å². The van der Waals surface area contributed by atoms with E-state index in [1.54, 1.807) is 13.0 Å². The first-order valence-electron chi connectivity index (χ1n) is 10.6. The minimum atomic E-state index is -2.59. The normalized spacial score (nSPS) is 12.4. The zero-order valence-electron chi connectivity index (χ0n) is 18.9. The Labute approximate surface area is 186 Å². The monoisotopic (exact) mass is 442 g/mol. The minimum Gasteiger partial charge on any atom is -0.487 e. The molecule has 0 radical (unpaired) electrons. The van der Waals surface area contributed by atoms with Gasteiger partial charge in [-0.1, -0.05) is 52.0 Å². The lowest BCUT2D eigenvalue weighted by atomic mass is 9.89. The summed E-state index contributed by atoms with van der Waals surface area (Å²) in [5.41, 5.74) is 4.36. The number of aliphatic carboxylic acids is 1. The van der Waals surface area contributed by atoms with E-state index in [2.05, 4.69) is 13.8 Å². The molecule has 2 aromatic carbocycles. The number of carbonyl (C=O) groups is 1. The Balaban J connectivity index is 2.29. The van der Waals surface area contributed by atoms with Crippen molar-refractivity contribution in [2.75, 3.05) is 6.61 Å². The van der Waals surface area contributed by atoms with Gasteiger partial charge >= 0.3 is 5.97 Å². The quantitative estimate of drug-likeness (QED) is 0.367. The largest absolute Gasteiger partial charge is 0.487 e. The van der Waals surface area contributed by atoms with Gasteiger partial charge in [-0.15, -0.1) is 0 Å². The number of furan rings is 1. The summed E-state index contributed by atoms with van der Waals surface area (Å²) in [5, 5.41) is 9.85. The Hall–Kier alpha value is -3.15. The number of hydrogen-bond acceptors (Lipinski definition) is 3. The van der Waals surface area contributed by atoms with Crippen LogP contribution in [0.1, 0.15) is 63.3 Å². The van der Waals surface area contributed by atoms with Gasteiger partial charge in [-0.2, -0.15) is 0 Å². The lowest BCUT2D eigenvalue weighted by Gasteiger charge is -2.21. The molecule has 1 aromatic heterocycles. The van der Waals surface area contributed by atoms with E-state index in [9.17, 15) is 13.6 Å². The number of rotatable bonds is 8. The summed E-state index contributed by atoms with van der Waals surface area (Å²) in [7, 11) is 0. The number of benzene rings is 2. The first-order chi connectivity index (χ1) is 15.1. The molecule has 4 nitrogen and oxygen atoms in total. The number of carboxylic acids is 1. The molecule has 0 aliphatic carbocycles. The highest BCUT2D eigenvalue weighted by Crippen LogP contribution is 2.43. The van der Waals surface area contributed by atoms with E-state index in [1.165, 1.54) is 0 Å². The maximum absolute atomic E-state index is 13.0. The molecule has 3 rings (SSSR count). The average molecular weight is 443 g/mol. The molecule has 3 aromatic rings. The maximum Gasteiger partial charge on any atom is 0.328 e. The molecule has 0 bridgehead atoms. The minimum absolute atomic E-state index is 0.0623. The SMILES string of the molecule is C/C(=C/C(=O)O)c1cc2cccc(-c3cc(C(C)C)cc(C(C)C)c3OCC(F)F)c2o1. The molecule has 0 saturated carbocycles. The van der Waals surface area contributed by atoms with Crippen LogP contribution in [-0.4, -0.2) is 24.1 Å². The molecule has 0 fully saturated rings. The number of halogens is 2. The third-order valence-corrected chi connectivity index (χ3v) is 5.35. The number of fused-ring (bicyclic) bond motifs is 1. The van der Waals surface area contributed by atoms with Crippen LogP contribution in [0, 0.1) is 0 Å². The Morgan fingerprint density at radius 2 is 1.81 bits per heavy atom. The van der Waals surface area contributed by atoms with Crippen molar-refractivity contribution in [1.29, 1.82) is 0 Å². The summed E-state index contributed by atoms with van der Waals surface area (Å²) in [6, 6.07) is 11.4. The Kier molecular flexibility index (Phi) is 7.02. The molecule has 0 aliphatic heterocycles. The second-order valence-electron chi connectivity index (χ2n) is 8.50. The van der Waals surface area contributed by atoms with Crippen LogP contribution in [0.15, 0.2) is 46.9 Å². The Morgan fingerprint density at radius 1 is 1.09 bits per heavy atom. The molecule has 0 saturated heterocycles. The fraction of sp³-hybridized carbons (Fsp3) is 0.346. The van der Waals surface area contributed by atoms with E-state index >= 15 is 0 Å². The van der Waals surface area contributed by atoms with Crippen LogP contribution < -0.4 is 4.74 Å². The third-order valence-electron chi connectivity index (χ3n) is 5.35. The number of carboxylic acid groups (broad SMARTS) is 1. The molecule has 32 heavy (non-hydrogen) atoms. The van der Waals surface area contributed by atoms with E-state index in [0.29, 0.717) is 33.8 Å². The van der Waals surface area contributed by atoms with Gasteiger partial charge in [-0.05, 0) is 47.6 Å². The van der Waals surface area contributed by atoms with Crippen LogP contribution in [0.4, 0.5) is 8.78 Å². The number of ether oxygens (including phenoxy) is 1. The van der Waals surface area contributed by atoms with Crippen LogP contribution in [0.5, 0.6) is 5.75 Å². The molecule has 1 heterocycles. The average Bonchev–Trinajstić information content (AvgIpc) is 3.15. The molecule has 0 atom stereocenters. The van der Waals surface area contributed by atoms with Crippen LogP contribution in [0.25, 0.3) is 27.7 Å². The predicted octanol–water partition coefficient (Wildman–Crippen LogP) is 7.48. The first kappa shape index (κ1) is 23.5. The molecule has 0 unspecified atom stereocenters. The van der Waals surface area contributed by atoms with Crippen molar-refractivity contribution in [3.63, 3.8) is 0 Å². The van der Waals surface area contributed by atoms with Crippen LogP contribution >= 0.6 is 0 Å². The fourth-order valence-corrected chi connectivity index (χ4v) is 3.67. The van der Waals surface area contributed by atoms with Crippen molar-refractivity contribution in [3.8, 4) is 16.9 Å². The smallest absolute Gasteiger partial charge is 0.328 e. The Morgan fingerprint density at radius 3 is 2.41 bits per heavy atom. The highest BCUT2D eigenvalue weighted by molar-refractivity contribution is 5.97. The fourth-order valence-electron chi connectivity index (χ4n) is 3.67. The van der Waals surface area contributed by atoms with E-state index in [1.807, 2.05) is 44.2 Å². The van der Waals surface area contributed by atoms with Crippen molar-refractivity contribution in [2.24, 2.45) is 0 Å². The molecule has 6 heteroatoms. The number of alkyl halides is 2. The van der Waals surface area contributed by atoms with E-state index in [4.69, 9.17) is 14.3 Å². The zero-order chi connectivity index (χ0) is 23.6. The van der Waals surface area contributed by atoms with Crippen LogP contribution in [0.2, 0.25) is 0 Å². The highest BCUT2D eigenvalue weighted by atomic mass is 19.3. The van der Waals surface area contributed by atoms with E-state index in [0.717, 1.165) is 22.6 Å². The number of allylic oxidation sites excluding steroid dienone is 1. The van der Waals surface area contributed by atoms with Gasteiger partial charge in [0.05, 0.1) is 0 Å². The zero-order valence-corrected chi connectivity index (χ0v) is 18.9. The maximum atomic E-state index is 13.0. The first-order valence-corrected chi connectivity index (χ1v) is 10.6. The van der Waals surface area contributed by atoms with Gasteiger partial charge in [0.25, 0.3) is 6.43 Å². The molecule has 1 N–H and O–H groups in total. The van der Waals surface area contributed by atoms with Gasteiger partial charge in [-0.25, -0.2) is 13.6 Å². The summed E-state index contributed by atoms with van der Waals surface area (Å²) in [5.74, 6) is 0.0914. The summed E-state index contributed by atoms with van der Waals surface area (Å²) < 4.78 is 37.8. The third kappa shape index (κ3) is 5.01. The van der Waals surface area contributed by atoms with Gasteiger partial charge in [0.15, 0.2) is 0 Å². The van der Waals surface area contributed by atoms with Gasteiger partial charge in [-0.3, -0.25) is 0 Å². The molecular weight excluding hydrogens is 414 g/mol. The van der Waals surface area contributed by atoms with Crippen molar-refractivity contribution in [2.45, 2.75) is 52.9 Å². The standard InChI is InChI=1S/C26H28F2O4/c1-14(2)18-10-20(15(3)4)26(31-13-23(27)28)21(11-18)19-8-6-7-17-12-22(32-25(17)19)16(5)9-24(29)30/h6-12,14-15,23H,13H2,1-5H3,(H,29,30)/b16-9-. The number of hydrogen-bond donors (Lipinski definition) is 1. The van der Waals surface area contributed by atoms with Crippen molar-refractivity contribution in [3.05, 3.63) is 59.4 Å². The van der Waals surface area contributed by atoms with Crippen molar-refractivity contribution in [1.82, 2.24) is 0 Å². The molecule has 0 amide bonds. The van der Waals surface area contributed by atoms with E-state index < -0.39 is 19.0 Å². The van der Waals surface area contributed by atoms with Gasteiger partial charge in [0, 0.05) is 22.6 Å². The highest BCUT2D eigenvalue weighted by Gasteiger charge is 2.22. The Bertz CT molecular complexity index is 1160. The lowest BCUT2D eigenvalue weighted by Crippen LogP contribution is -2.10. The van der Waals surface area contributed by atoms with Crippen LogP contribution in [0.3, 0.4) is 0 Å². The molecule has 0 spiro atoms. The summed E-state index contributed by atoms with van der Waals surface area (Å²) in [6.07, 6.45) is -1.51. The summed E-state index contributed by atoms with van der Waals surface area (Å²) >= 11 is 0. The molecular formula is C26H28F2O4. The number of para-hydroxylation sites is 1. The second-order valence-corrected chi connectivity index (χ2v) is 8.50. The molecule has 0 aliphatic rings. The van der Waals surface area contributed by atoms with Crippen molar-refractivity contribution < 1.29 is 27.8 Å².